The van der Waals surface area contributed by atoms with E-state index in [9.17, 15) is 0 Å². The number of rotatable bonds is 6. The monoisotopic (exact) mass is 461 g/mol. The number of pyridine rings is 1. The van der Waals surface area contributed by atoms with Crippen LogP contribution in [0.25, 0.3) is 5.69 Å². The fraction of sp³-hybridized carbons (Fsp3) is 0.385. The summed E-state index contributed by atoms with van der Waals surface area (Å²) in [5, 5.41) is 4.37. The van der Waals surface area contributed by atoms with Crippen molar-refractivity contribution in [1.82, 2.24) is 24.7 Å². The Morgan fingerprint density at radius 3 is 2.64 bits per heavy atom. The number of aryl methyl sites for hydroxylation is 2. The first-order valence-electron chi connectivity index (χ1n) is 11.6. The van der Waals surface area contributed by atoms with Crippen LogP contribution in [0.4, 0.5) is 0 Å². The zero-order chi connectivity index (χ0) is 22.8. The maximum absolute atomic E-state index is 5.87. The number of nitrogens with zero attached hydrogens (tertiary/aromatic N) is 4. The Morgan fingerprint density at radius 2 is 1.88 bits per heavy atom. The van der Waals surface area contributed by atoms with E-state index in [1.807, 2.05) is 18.3 Å². The third-order valence-electron chi connectivity index (χ3n) is 6.81. The lowest BCUT2D eigenvalue weighted by Gasteiger charge is -2.32. The molecule has 6 nitrogen and oxygen atoms in total. The van der Waals surface area contributed by atoms with E-state index in [1.165, 1.54) is 22.5 Å². The van der Waals surface area contributed by atoms with Gasteiger partial charge in [-0.3, -0.25) is 9.88 Å². The summed E-state index contributed by atoms with van der Waals surface area (Å²) in [4.78, 5) is 9.49. The lowest BCUT2D eigenvalue weighted by molar-refractivity contribution is 0.0349. The highest BCUT2D eigenvalue weighted by molar-refractivity contribution is 7.80. The number of hydrogen-bond donors (Lipinski definition) is 1. The second-order valence-corrected chi connectivity index (χ2v) is 9.23. The minimum atomic E-state index is -0.0106. The lowest BCUT2D eigenvalue weighted by Crippen LogP contribution is -2.42. The quantitative estimate of drug-likeness (QED) is 0.564. The summed E-state index contributed by atoms with van der Waals surface area (Å²) in [7, 11) is 0. The van der Waals surface area contributed by atoms with E-state index in [0.717, 1.165) is 50.2 Å². The van der Waals surface area contributed by atoms with Crippen molar-refractivity contribution in [3.05, 3.63) is 83.4 Å². The topological polar surface area (TPSA) is 45.6 Å². The molecule has 2 aliphatic heterocycles. The highest BCUT2D eigenvalue weighted by Gasteiger charge is 2.41. The van der Waals surface area contributed by atoms with Crippen LogP contribution in [-0.4, -0.2) is 63.9 Å². The summed E-state index contributed by atoms with van der Waals surface area (Å²) >= 11 is 5.87. The van der Waals surface area contributed by atoms with Crippen molar-refractivity contribution in [1.29, 1.82) is 0 Å². The molecule has 33 heavy (non-hydrogen) atoms. The first kappa shape index (κ1) is 22.1. The van der Waals surface area contributed by atoms with Crippen LogP contribution in [-0.2, 0) is 4.74 Å². The average Bonchev–Trinajstić information content (AvgIpc) is 3.45. The summed E-state index contributed by atoms with van der Waals surface area (Å²) in [5.74, 6) is 0. The molecule has 0 saturated carbocycles. The SMILES string of the molecule is Cc1ccc(-n2cccc2[C@@H]2[C@H](c3ccccn3)NC(=S)N2CCN2CCOCC2)cc1C. The third kappa shape index (κ3) is 4.53. The van der Waals surface area contributed by atoms with Gasteiger partial charge in [-0.1, -0.05) is 12.1 Å². The summed E-state index contributed by atoms with van der Waals surface area (Å²) in [6, 6.07) is 17.1. The minimum Gasteiger partial charge on any atom is -0.379 e. The number of hydrogen-bond acceptors (Lipinski definition) is 4. The standard InChI is InChI=1S/C26H31N5OS/c1-19-8-9-21(18-20(19)2)30-11-5-7-23(30)25-24(22-6-3-4-10-27-22)28-26(33)31(25)13-12-29-14-16-32-17-15-29/h3-11,18,24-25H,12-17H2,1-2H3,(H,28,33)/t24-,25+/m0/s1. The fourth-order valence-corrected chi connectivity index (χ4v) is 5.12. The van der Waals surface area contributed by atoms with Gasteiger partial charge in [-0.15, -0.1) is 0 Å². The van der Waals surface area contributed by atoms with Crippen molar-refractivity contribution < 1.29 is 4.74 Å². The van der Waals surface area contributed by atoms with Crippen LogP contribution in [0, 0.1) is 13.8 Å². The van der Waals surface area contributed by atoms with Gasteiger partial charge in [0, 0.05) is 50.0 Å². The molecule has 1 aromatic carbocycles. The Balaban J connectivity index is 1.51. The lowest BCUT2D eigenvalue weighted by atomic mass is 10.0. The summed E-state index contributed by atoms with van der Waals surface area (Å²) < 4.78 is 7.82. The Morgan fingerprint density at radius 1 is 1.03 bits per heavy atom. The highest BCUT2D eigenvalue weighted by Crippen LogP contribution is 2.39. The van der Waals surface area contributed by atoms with Crippen LogP contribution in [0.2, 0.25) is 0 Å². The minimum absolute atomic E-state index is 0.0106. The van der Waals surface area contributed by atoms with Gasteiger partial charge in [0.15, 0.2) is 5.11 Å². The number of thiocarbonyl (C=S) groups is 1. The highest BCUT2D eigenvalue weighted by atomic mass is 32.1. The van der Waals surface area contributed by atoms with E-state index < -0.39 is 0 Å². The molecule has 0 unspecified atom stereocenters. The summed E-state index contributed by atoms with van der Waals surface area (Å²) in [5.41, 5.74) is 5.98. The van der Waals surface area contributed by atoms with Gasteiger partial charge in [0.25, 0.3) is 0 Å². The third-order valence-corrected chi connectivity index (χ3v) is 7.16. The van der Waals surface area contributed by atoms with Gasteiger partial charge in [0.2, 0.25) is 0 Å². The molecule has 0 radical (unpaired) electrons. The molecule has 2 aliphatic rings. The fourth-order valence-electron chi connectivity index (χ4n) is 4.79. The van der Waals surface area contributed by atoms with Crippen molar-refractivity contribution in [2.75, 3.05) is 39.4 Å². The summed E-state index contributed by atoms with van der Waals surface area (Å²) in [6.45, 7) is 9.69. The molecule has 2 saturated heterocycles. The molecule has 0 spiro atoms. The van der Waals surface area contributed by atoms with E-state index in [1.54, 1.807) is 0 Å². The molecule has 2 fully saturated rings. The first-order valence-corrected chi connectivity index (χ1v) is 12.1. The van der Waals surface area contributed by atoms with Crippen LogP contribution in [0.15, 0.2) is 60.9 Å². The van der Waals surface area contributed by atoms with E-state index >= 15 is 0 Å². The Kier molecular flexibility index (Phi) is 6.44. The smallest absolute Gasteiger partial charge is 0.170 e. The molecule has 0 aliphatic carbocycles. The Labute approximate surface area is 201 Å². The molecule has 4 heterocycles. The molecule has 7 heteroatoms. The Bertz CT molecular complexity index is 1110. The number of benzene rings is 1. The largest absolute Gasteiger partial charge is 0.379 e. The molecular formula is C26H31N5OS. The number of morpholine rings is 1. The average molecular weight is 462 g/mol. The van der Waals surface area contributed by atoms with Gasteiger partial charge in [-0.2, -0.15) is 0 Å². The maximum Gasteiger partial charge on any atom is 0.170 e. The van der Waals surface area contributed by atoms with Crippen molar-refractivity contribution in [2.45, 2.75) is 25.9 Å². The van der Waals surface area contributed by atoms with Gasteiger partial charge in [-0.25, -0.2) is 0 Å². The molecule has 5 rings (SSSR count). The molecule has 0 amide bonds. The molecule has 2 atom stereocenters. The number of ether oxygens (including phenoxy) is 1. The van der Waals surface area contributed by atoms with E-state index in [-0.39, 0.29) is 12.1 Å². The van der Waals surface area contributed by atoms with Crippen LogP contribution < -0.4 is 5.32 Å². The van der Waals surface area contributed by atoms with E-state index in [0.29, 0.717) is 0 Å². The van der Waals surface area contributed by atoms with Crippen LogP contribution >= 0.6 is 12.2 Å². The maximum atomic E-state index is 5.87. The van der Waals surface area contributed by atoms with Gasteiger partial charge in [0.1, 0.15) is 0 Å². The van der Waals surface area contributed by atoms with Crippen LogP contribution in [0.1, 0.15) is 34.6 Å². The van der Waals surface area contributed by atoms with Crippen molar-refractivity contribution in [3.8, 4) is 5.69 Å². The first-order chi connectivity index (χ1) is 16.1. The second kappa shape index (κ2) is 9.63. The zero-order valence-electron chi connectivity index (χ0n) is 19.3. The van der Waals surface area contributed by atoms with Crippen LogP contribution in [0.5, 0.6) is 0 Å². The van der Waals surface area contributed by atoms with E-state index in [4.69, 9.17) is 17.0 Å². The molecule has 2 aromatic heterocycles. The van der Waals surface area contributed by atoms with Crippen molar-refractivity contribution in [2.24, 2.45) is 0 Å². The zero-order valence-corrected chi connectivity index (χ0v) is 20.1. The molecule has 0 bridgehead atoms. The molecule has 172 valence electrons. The predicted octanol–water partition coefficient (Wildman–Crippen LogP) is 3.79. The second-order valence-electron chi connectivity index (χ2n) is 8.85. The molecular weight excluding hydrogens is 430 g/mol. The molecule has 1 N–H and O–H groups in total. The van der Waals surface area contributed by atoms with E-state index in [2.05, 4.69) is 81.1 Å². The summed E-state index contributed by atoms with van der Waals surface area (Å²) in [6.07, 6.45) is 4.01. The number of nitrogens with one attached hydrogen (secondary N) is 1. The van der Waals surface area contributed by atoms with Crippen molar-refractivity contribution >= 4 is 17.3 Å². The van der Waals surface area contributed by atoms with Crippen LogP contribution in [0.3, 0.4) is 0 Å². The van der Waals surface area contributed by atoms with Gasteiger partial charge < -0.3 is 19.5 Å². The molecule has 3 aromatic rings. The van der Waals surface area contributed by atoms with Gasteiger partial charge in [-0.05, 0) is 73.6 Å². The Hall–Kier alpha value is -2.74. The van der Waals surface area contributed by atoms with Gasteiger partial charge in [0.05, 0.1) is 31.0 Å². The number of aromatic nitrogens is 2. The predicted molar refractivity (Wildman–Crippen MR) is 135 cm³/mol. The van der Waals surface area contributed by atoms with Gasteiger partial charge >= 0.3 is 0 Å². The normalized spacial score (nSPS) is 21.4. The van der Waals surface area contributed by atoms with Crippen molar-refractivity contribution in [3.63, 3.8) is 0 Å².